The minimum absolute atomic E-state index is 0.0563. The Morgan fingerprint density at radius 3 is 2.04 bits per heavy atom. The second kappa shape index (κ2) is 17.6. The summed E-state index contributed by atoms with van der Waals surface area (Å²) >= 11 is 0. The summed E-state index contributed by atoms with van der Waals surface area (Å²) in [6, 6.07) is 8.76. The van der Waals surface area contributed by atoms with E-state index in [9.17, 15) is 24.8 Å². The van der Waals surface area contributed by atoms with Crippen molar-refractivity contribution in [3.05, 3.63) is 51.3 Å². The highest BCUT2D eigenvalue weighted by Gasteiger charge is 2.30. The predicted molar refractivity (Wildman–Crippen MR) is 184 cm³/mol. The quantitative estimate of drug-likeness (QED) is 0.186. The molecule has 0 aliphatic rings. The van der Waals surface area contributed by atoms with Gasteiger partial charge in [-0.2, -0.15) is 15.1 Å². The lowest BCUT2D eigenvalue weighted by molar-refractivity contribution is -0.127. The van der Waals surface area contributed by atoms with Crippen molar-refractivity contribution < 1.29 is 14.7 Å². The predicted octanol–water partition coefficient (Wildman–Crippen LogP) is 8.16. The number of benzene rings is 1. The molecule has 2 aromatic rings. The molecule has 2 rings (SSSR count). The molecule has 252 valence electrons. The summed E-state index contributed by atoms with van der Waals surface area (Å²) in [6.07, 6.45) is 8.70. The lowest BCUT2D eigenvalue weighted by Gasteiger charge is -2.31. The van der Waals surface area contributed by atoms with Gasteiger partial charge in [-0.15, -0.1) is 5.11 Å². The minimum atomic E-state index is -0.860. The van der Waals surface area contributed by atoms with Crippen molar-refractivity contribution in [2.75, 3.05) is 25.1 Å². The third-order valence-electron chi connectivity index (χ3n) is 8.59. The van der Waals surface area contributed by atoms with E-state index >= 15 is 0 Å². The molecule has 2 atom stereocenters. The Balaban J connectivity index is 2.53. The van der Waals surface area contributed by atoms with Crippen molar-refractivity contribution in [1.29, 1.82) is 5.26 Å². The monoisotopic (exact) mass is 634 g/mol. The number of pyridine rings is 1. The van der Waals surface area contributed by atoms with E-state index in [-0.39, 0.29) is 22.7 Å². The standard InChI is InChI=1S/C36H54N6O4/c1-10-14-17-26(12-3)23-41(24-27(13-4)18-15-11-2)32(43)28-19-16-20-29(21-28)38-39-31-25(5)30(22-37)33(44)42(34(31)45)40(9)35(46)36(6,7)8/h16,19-21,26-27,44H,10-15,17-18,23-24H2,1-9H3. The fourth-order valence-electron chi connectivity index (χ4n) is 5.54. The van der Waals surface area contributed by atoms with Crippen LogP contribution in [0.25, 0.3) is 0 Å². The SMILES string of the molecule is CCCCC(CC)CN(CC(CC)CCCC)C(=O)c1cccc(N=Nc2c(C)c(C#N)c(O)n(N(C)C(=O)C(C)(C)C)c2=O)c1. The molecule has 1 heterocycles. The van der Waals surface area contributed by atoms with Crippen LogP contribution in [-0.2, 0) is 4.79 Å². The van der Waals surface area contributed by atoms with Gasteiger partial charge >= 0.3 is 5.56 Å². The first kappa shape index (κ1) is 38.2. The summed E-state index contributed by atoms with van der Waals surface area (Å²) in [7, 11) is 1.35. The maximum Gasteiger partial charge on any atom is 0.300 e. The minimum Gasteiger partial charge on any atom is -0.492 e. The molecule has 0 saturated carbocycles. The van der Waals surface area contributed by atoms with Crippen molar-refractivity contribution in [1.82, 2.24) is 9.58 Å². The zero-order chi connectivity index (χ0) is 34.6. The third kappa shape index (κ3) is 9.75. The molecule has 46 heavy (non-hydrogen) atoms. The van der Waals surface area contributed by atoms with Crippen LogP contribution >= 0.6 is 0 Å². The number of unbranched alkanes of at least 4 members (excludes halogenated alkanes) is 2. The second-order valence-electron chi connectivity index (χ2n) is 13.3. The third-order valence-corrected chi connectivity index (χ3v) is 8.59. The summed E-state index contributed by atoms with van der Waals surface area (Å²) < 4.78 is 0.747. The number of azo groups is 1. The first-order valence-corrected chi connectivity index (χ1v) is 16.7. The summed E-state index contributed by atoms with van der Waals surface area (Å²) in [6.45, 7) is 16.7. The summed E-state index contributed by atoms with van der Waals surface area (Å²) in [5.74, 6) is -0.304. The van der Waals surface area contributed by atoms with E-state index in [1.807, 2.05) is 11.0 Å². The summed E-state index contributed by atoms with van der Waals surface area (Å²) in [5, 5.41) is 30.0. The highest BCUT2D eigenvalue weighted by atomic mass is 16.3. The zero-order valence-electron chi connectivity index (χ0n) is 29.4. The number of carbonyl (C=O) groups is 2. The van der Waals surface area contributed by atoms with Gasteiger partial charge in [0.15, 0.2) is 5.69 Å². The average Bonchev–Trinajstić information content (AvgIpc) is 3.03. The van der Waals surface area contributed by atoms with Gasteiger partial charge in [-0.05, 0) is 49.8 Å². The lowest BCUT2D eigenvalue weighted by Crippen LogP contribution is -2.48. The highest BCUT2D eigenvalue weighted by Crippen LogP contribution is 2.29. The van der Waals surface area contributed by atoms with E-state index in [2.05, 4.69) is 37.9 Å². The van der Waals surface area contributed by atoms with Crippen molar-refractivity contribution in [2.45, 2.75) is 107 Å². The topological polar surface area (TPSA) is 131 Å². The number of rotatable bonds is 16. The number of nitriles is 1. The van der Waals surface area contributed by atoms with Gasteiger partial charge in [0.05, 0.1) is 5.69 Å². The van der Waals surface area contributed by atoms with Gasteiger partial charge in [-0.25, -0.2) is 5.01 Å². The van der Waals surface area contributed by atoms with Crippen LogP contribution in [0.3, 0.4) is 0 Å². The molecule has 0 spiro atoms. The molecular formula is C36H54N6O4. The number of aromatic nitrogens is 1. The molecule has 1 N–H and O–H groups in total. The molecule has 0 saturated heterocycles. The molecule has 0 fully saturated rings. The van der Waals surface area contributed by atoms with Gasteiger partial charge < -0.3 is 10.0 Å². The van der Waals surface area contributed by atoms with Crippen molar-refractivity contribution in [2.24, 2.45) is 27.5 Å². The van der Waals surface area contributed by atoms with E-state index in [4.69, 9.17) is 0 Å². The molecule has 10 nitrogen and oxygen atoms in total. The van der Waals surface area contributed by atoms with Crippen LogP contribution in [0.5, 0.6) is 5.88 Å². The lowest BCUT2D eigenvalue weighted by atomic mass is 9.95. The largest absolute Gasteiger partial charge is 0.492 e. The Morgan fingerprint density at radius 2 is 1.57 bits per heavy atom. The van der Waals surface area contributed by atoms with Gasteiger partial charge in [0, 0.05) is 36.7 Å². The number of hydrogen-bond acceptors (Lipinski definition) is 7. The van der Waals surface area contributed by atoms with E-state index < -0.39 is 22.8 Å². The molecule has 1 aromatic carbocycles. The molecular weight excluding hydrogens is 580 g/mol. The van der Waals surface area contributed by atoms with Crippen LogP contribution in [0.2, 0.25) is 0 Å². The van der Waals surface area contributed by atoms with E-state index in [1.54, 1.807) is 45.0 Å². The molecule has 0 radical (unpaired) electrons. The van der Waals surface area contributed by atoms with Crippen LogP contribution in [0.4, 0.5) is 11.4 Å². The zero-order valence-corrected chi connectivity index (χ0v) is 29.4. The number of amides is 2. The molecule has 1 aromatic heterocycles. The van der Waals surface area contributed by atoms with Crippen LogP contribution in [0, 0.1) is 35.5 Å². The molecule has 10 heteroatoms. The van der Waals surface area contributed by atoms with Crippen LogP contribution in [0.15, 0.2) is 39.3 Å². The van der Waals surface area contributed by atoms with E-state index in [0.29, 0.717) is 36.2 Å². The van der Waals surface area contributed by atoms with Crippen molar-refractivity contribution in [3.8, 4) is 11.9 Å². The second-order valence-corrected chi connectivity index (χ2v) is 13.3. The Hall–Kier alpha value is -4.00. The number of carbonyl (C=O) groups excluding carboxylic acids is 2. The fraction of sp³-hybridized carbons (Fsp3) is 0.611. The summed E-state index contributed by atoms with van der Waals surface area (Å²) in [5.41, 5.74) is -1.06. The van der Waals surface area contributed by atoms with Crippen LogP contribution in [0.1, 0.15) is 121 Å². The molecule has 0 aliphatic heterocycles. The summed E-state index contributed by atoms with van der Waals surface area (Å²) in [4.78, 5) is 42.5. The van der Waals surface area contributed by atoms with Gasteiger partial charge in [0.25, 0.3) is 5.91 Å². The normalized spacial score (nSPS) is 13.0. The van der Waals surface area contributed by atoms with Gasteiger partial charge in [-0.1, -0.05) is 93.1 Å². The first-order chi connectivity index (χ1) is 21.7. The first-order valence-electron chi connectivity index (χ1n) is 16.7. The smallest absolute Gasteiger partial charge is 0.300 e. The Labute approximate surface area is 275 Å². The fourth-order valence-corrected chi connectivity index (χ4v) is 5.54. The Morgan fingerprint density at radius 1 is 1.00 bits per heavy atom. The molecule has 0 aliphatic carbocycles. The van der Waals surface area contributed by atoms with Gasteiger partial charge in [0.2, 0.25) is 11.8 Å². The van der Waals surface area contributed by atoms with E-state index in [0.717, 1.165) is 61.1 Å². The average molecular weight is 635 g/mol. The number of nitrogens with zero attached hydrogens (tertiary/aromatic N) is 6. The molecule has 2 amide bonds. The Kier molecular flexibility index (Phi) is 14.6. The molecule has 0 bridgehead atoms. The van der Waals surface area contributed by atoms with Gasteiger partial charge in [-0.3, -0.25) is 14.4 Å². The van der Waals surface area contributed by atoms with Crippen LogP contribution in [-0.4, -0.2) is 46.6 Å². The van der Waals surface area contributed by atoms with E-state index in [1.165, 1.54) is 14.0 Å². The molecule has 2 unspecified atom stereocenters. The number of hydrogen-bond donors (Lipinski definition) is 1. The van der Waals surface area contributed by atoms with Gasteiger partial charge in [0.1, 0.15) is 11.6 Å². The highest BCUT2D eigenvalue weighted by molar-refractivity contribution is 5.95. The van der Waals surface area contributed by atoms with Crippen molar-refractivity contribution >= 4 is 23.2 Å². The van der Waals surface area contributed by atoms with Crippen LogP contribution < -0.4 is 10.6 Å². The number of aromatic hydroxyl groups is 1. The maximum atomic E-state index is 14.0. The van der Waals surface area contributed by atoms with Crippen molar-refractivity contribution in [3.63, 3.8) is 0 Å². The Bertz CT molecular complexity index is 1450. The maximum absolute atomic E-state index is 14.0.